The first-order valence-corrected chi connectivity index (χ1v) is 5.03. The van der Waals surface area contributed by atoms with Crippen molar-refractivity contribution in [1.82, 2.24) is 0 Å². The van der Waals surface area contributed by atoms with E-state index in [1.807, 2.05) is 0 Å². The largest absolute Gasteiger partial charge is 0.328 e. The maximum absolute atomic E-state index is 5.90. The predicted molar refractivity (Wildman–Crippen MR) is 57.6 cm³/mol. The average molecular weight is 177 g/mol. The molecular formula is C12H19N. The van der Waals surface area contributed by atoms with Gasteiger partial charge in [0.2, 0.25) is 0 Å². The maximum atomic E-state index is 5.90. The molecule has 0 spiro atoms. The summed E-state index contributed by atoms with van der Waals surface area (Å²) in [5.41, 5.74) is 7.29. The van der Waals surface area contributed by atoms with Crippen molar-refractivity contribution in [3.05, 3.63) is 35.9 Å². The van der Waals surface area contributed by atoms with Gasteiger partial charge in [0.15, 0.2) is 0 Å². The van der Waals surface area contributed by atoms with Gasteiger partial charge in [0, 0.05) is 6.04 Å². The van der Waals surface area contributed by atoms with Crippen LogP contribution in [0.5, 0.6) is 0 Å². The lowest BCUT2D eigenvalue weighted by Gasteiger charge is -2.18. The van der Waals surface area contributed by atoms with Gasteiger partial charge < -0.3 is 5.73 Å². The molecule has 0 bridgehead atoms. The van der Waals surface area contributed by atoms with Crippen molar-refractivity contribution in [2.75, 3.05) is 0 Å². The van der Waals surface area contributed by atoms with Crippen molar-refractivity contribution in [2.24, 2.45) is 11.7 Å². The SMILES string of the molecule is CCC(Cc1ccccc1)C(C)N. The Morgan fingerprint density at radius 2 is 1.85 bits per heavy atom. The minimum absolute atomic E-state index is 0.296. The Morgan fingerprint density at radius 1 is 1.23 bits per heavy atom. The molecule has 1 nitrogen and oxygen atoms in total. The number of hydrogen-bond acceptors (Lipinski definition) is 1. The van der Waals surface area contributed by atoms with Crippen LogP contribution in [0.1, 0.15) is 25.8 Å². The molecule has 0 heterocycles. The lowest BCUT2D eigenvalue weighted by atomic mass is 9.91. The van der Waals surface area contributed by atoms with E-state index in [0.29, 0.717) is 12.0 Å². The molecule has 0 saturated heterocycles. The maximum Gasteiger partial charge on any atom is 0.00418 e. The summed E-state index contributed by atoms with van der Waals surface area (Å²) in [4.78, 5) is 0. The van der Waals surface area contributed by atoms with E-state index in [1.54, 1.807) is 0 Å². The molecule has 1 heteroatoms. The minimum atomic E-state index is 0.296. The van der Waals surface area contributed by atoms with Gasteiger partial charge in [-0.1, -0.05) is 43.7 Å². The van der Waals surface area contributed by atoms with Gasteiger partial charge in [-0.05, 0) is 24.8 Å². The third kappa shape index (κ3) is 3.19. The van der Waals surface area contributed by atoms with Crippen molar-refractivity contribution >= 4 is 0 Å². The third-order valence-corrected chi connectivity index (χ3v) is 2.61. The van der Waals surface area contributed by atoms with Gasteiger partial charge in [-0.15, -0.1) is 0 Å². The molecule has 13 heavy (non-hydrogen) atoms. The van der Waals surface area contributed by atoms with Gasteiger partial charge in [-0.3, -0.25) is 0 Å². The van der Waals surface area contributed by atoms with E-state index in [2.05, 4.69) is 44.2 Å². The van der Waals surface area contributed by atoms with Gasteiger partial charge in [-0.2, -0.15) is 0 Å². The summed E-state index contributed by atoms with van der Waals surface area (Å²) in [6.45, 7) is 4.30. The predicted octanol–water partition coefficient (Wildman–Crippen LogP) is 2.60. The van der Waals surface area contributed by atoms with Gasteiger partial charge in [0.05, 0.1) is 0 Å². The molecule has 0 saturated carbocycles. The van der Waals surface area contributed by atoms with E-state index in [-0.39, 0.29) is 0 Å². The van der Waals surface area contributed by atoms with Crippen molar-refractivity contribution in [3.63, 3.8) is 0 Å². The molecule has 1 rings (SSSR count). The molecule has 0 amide bonds. The van der Waals surface area contributed by atoms with Crippen LogP contribution in [0.3, 0.4) is 0 Å². The number of nitrogens with two attached hydrogens (primary N) is 1. The quantitative estimate of drug-likeness (QED) is 0.751. The zero-order chi connectivity index (χ0) is 9.68. The van der Waals surface area contributed by atoms with Crippen LogP contribution in [0.2, 0.25) is 0 Å². The van der Waals surface area contributed by atoms with E-state index < -0.39 is 0 Å². The van der Waals surface area contributed by atoms with Crippen LogP contribution < -0.4 is 5.73 Å². The highest BCUT2D eigenvalue weighted by atomic mass is 14.6. The first kappa shape index (κ1) is 10.3. The molecular weight excluding hydrogens is 158 g/mol. The van der Waals surface area contributed by atoms with Gasteiger partial charge in [0.1, 0.15) is 0 Å². The van der Waals surface area contributed by atoms with Crippen LogP contribution >= 0.6 is 0 Å². The summed E-state index contributed by atoms with van der Waals surface area (Å²) in [5, 5.41) is 0. The van der Waals surface area contributed by atoms with Crippen LogP contribution in [0, 0.1) is 5.92 Å². The highest BCUT2D eigenvalue weighted by Crippen LogP contribution is 2.14. The fourth-order valence-corrected chi connectivity index (χ4v) is 1.62. The molecule has 0 aliphatic heterocycles. The summed E-state index contributed by atoms with van der Waals surface area (Å²) >= 11 is 0. The number of rotatable bonds is 4. The summed E-state index contributed by atoms with van der Waals surface area (Å²) in [6.07, 6.45) is 2.27. The van der Waals surface area contributed by atoms with E-state index in [4.69, 9.17) is 5.73 Å². The van der Waals surface area contributed by atoms with Gasteiger partial charge in [0.25, 0.3) is 0 Å². The topological polar surface area (TPSA) is 26.0 Å². The summed E-state index contributed by atoms with van der Waals surface area (Å²) in [5.74, 6) is 0.613. The standard InChI is InChI=1S/C12H19N/c1-3-12(10(2)13)9-11-7-5-4-6-8-11/h4-8,10,12H,3,9,13H2,1-2H3. The highest BCUT2D eigenvalue weighted by molar-refractivity contribution is 5.15. The summed E-state index contributed by atoms with van der Waals surface area (Å²) in [6, 6.07) is 10.9. The Kier molecular flexibility index (Phi) is 3.97. The van der Waals surface area contributed by atoms with Crippen molar-refractivity contribution in [2.45, 2.75) is 32.7 Å². The summed E-state index contributed by atoms with van der Waals surface area (Å²) in [7, 11) is 0. The molecule has 2 unspecified atom stereocenters. The second-order valence-corrected chi connectivity index (χ2v) is 3.72. The molecule has 0 aromatic heterocycles. The van der Waals surface area contributed by atoms with E-state index >= 15 is 0 Å². The Labute approximate surface area is 81.0 Å². The Hall–Kier alpha value is -0.820. The van der Waals surface area contributed by atoms with E-state index in [1.165, 1.54) is 5.56 Å². The van der Waals surface area contributed by atoms with Crippen molar-refractivity contribution < 1.29 is 0 Å². The van der Waals surface area contributed by atoms with Gasteiger partial charge >= 0.3 is 0 Å². The molecule has 72 valence electrons. The van der Waals surface area contributed by atoms with Crippen LogP contribution in [0.4, 0.5) is 0 Å². The molecule has 0 aliphatic rings. The number of hydrogen-bond donors (Lipinski definition) is 1. The minimum Gasteiger partial charge on any atom is -0.328 e. The van der Waals surface area contributed by atoms with Crippen molar-refractivity contribution in [3.8, 4) is 0 Å². The van der Waals surface area contributed by atoms with Crippen LogP contribution in [-0.4, -0.2) is 6.04 Å². The van der Waals surface area contributed by atoms with Crippen LogP contribution in [-0.2, 0) is 6.42 Å². The first-order chi connectivity index (χ1) is 6.24. The van der Waals surface area contributed by atoms with Gasteiger partial charge in [-0.25, -0.2) is 0 Å². The lowest BCUT2D eigenvalue weighted by Crippen LogP contribution is -2.27. The smallest absolute Gasteiger partial charge is 0.00418 e. The molecule has 0 aliphatic carbocycles. The normalized spacial score (nSPS) is 15.3. The molecule has 2 atom stereocenters. The Morgan fingerprint density at radius 3 is 2.31 bits per heavy atom. The van der Waals surface area contributed by atoms with E-state index in [0.717, 1.165) is 12.8 Å². The molecule has 0 fully saturated rings. The van der Waals surface area contributed by atoms with E-state index in [9.17, 15) is 0 Å². The first-order valence-electron chi connectivity index (χ1n) is 5.03. The molecule has 1 aromatic carbocycles. The second kappa shape index (κ2) is 5.03. The summed E-state index contributed by atoms with van der Waals surface area (Å²) < 4.78 is 0. The third-order valence-electron chi connectivity index (χ3n) is 2.61. The molecule has 2 N–H and O–H groups in total. The second-order valence-electron chi connectivity index (χ2n) is 3.72. The van der Waals surface area contributed by atoms with Crippen molar-refractivity contribution in [1.29, 1.82) is 0 Å². The fourth-order valence-electron chi connectivity index (χ4n) is 1.62. The zero-order valence-corrected chi connectivity index (χ0v) is 8.53. The fraction of sp³-hybridized carbons (Fsp3) is 0.500. The van der Waals surface area contributed by atoms with Crippen LogP contribution in [0.25, 0.3) is 0 Å². The average Bonchev–Trinajstić information content (AvgIpc) is 2.15. The molecule has 0 radical (unpaired) electrons. The highest BCUT2D eigenvalue weighted by Gasteiger charge is 2.11. The molecule has 1 aromatic rings. The monoisotopic (exact) mass is 177 g/mol. The zero-order valence-electron chi connectivity index (χ0n) is 8.53. The van der Waals surface area contributed by atoms with Crippen LogP contribution in [0.15, 0.2) is 30.3 Å². The lowest BCUT2D eigenvalue weighted by molar-refractivity contribution is 0.428. The Balaban J connectivity index is 2.57. The Bertz CT molecular complexity index is 228. The number of benzene rings is 1.